The smallest absolute Gasteiger partial charge is 0.421 e. The minimum atomic E-state index is -1.18. The minimum Gasteiger partial charge on any atom is -0.421 e. The third kappa shape index (κ3) is 69.8. The average molecular weight is 591 g/mol. The molecule has 0 bridgehead atoms. The molecular weight excluding hydrogens is 499 g/mol. The summed E-state index contributed by atoms with van der Waals surface area (Å²) in [5.41, 5.74) is 2.15. The molecule has 1 atom stereocenters. The van der Waals surface area contributed by atoms with Crippen LogP contribution >= 0.6 is 0 Å². The first-order valence-electron chi connectivity index (χ1n) is 9.55. The Morgan fingerprint density at radius 1 is 0.529 bits per heavy atom. The number of quaternary nitrogens is 5. The lowest BCUT2D eigenvalue weighted by Gasteiger charge is -2.15. The van der Waals surface area contributed by atoms with Crippen molar-refractivity contribution in [1.82, 2.24) is 0 Å². The van der Waals surface area contributed by atoms with Gasteiger partial charge in [-0.15, -0.1) is 0 Å². The van der Waals surface area contributed by atoms with E-state index in [1.807, 2.05) is 0 Å². The zero-order valence-electron chi connectivity index (χ0n) is 18.9. The van der Waals surface area contributed by atoms with Gasteiger partial charge >= 0.3 is 16.8 Å². The van der Waals surface area contributed by atoms with E-state index in [-0.39, 0.29) is 83.2 Å². The lowest BCUT2D eigenvalue weighted by Crippen LogP contribution is -3.23. The van der Waals surface area contributed by atoms with Gasteiger partial charge in [0, 0.05) is 32.4 Å². The van der Waals surface area contributed by atoms with E-state index in [4.69, 9.17) is 0 Å². The third-order valence-electron chi connectivity index (χ3n) is 3.93. The van der Waals surface area contributed by atoms with Crippen molar-refractivity contribution in [3.63, 3.8) is 0 Å². The van der Waals surface area contributed by atoms with E-state index in [9.17, 15) is 0 Å². The first-order valence-corrected chi connectivity index (χ1v) is 24.4. The molecule has 0 aromatic heterocycles. The van der Waals surface area contributed by atoms with Gasteiger partial charge in [-0.2, -0.15) is 0 Å². The van der Waals surface area contributed by atoms with E-state index in [1.54, 1.807) is 0 Å². The van der Waals surface area contributed by atoms with Gasteiger partial charge in [0.15, 0.2) is 0 Å². The van der Waals surface area contributed by atoms with Crippen LogP contribution in [0.1, 0.15) is 74.3 Å². The molecule has 0 aliphatic rings. The van der Waals surface area contributed by atoms with Crippen molar-refractivity contribution in [2.75, 3.05) is 21.1 Å². The summed E-state index contributed by atoms with van der Waals surface area (Å²) in [7, 11) is 3.19. The SMILES string of the molecule is C.C.C.C.C.C.C.C.C.C.C=C[Si](C)([NH2+]C)[NH2+][SiH](C)C.C[NH2+][SiH](C)C.C[NH2+][Si](C)(C)[NH2+][SiH](C)C. The summed E-state index contributed by atoms with van der Waals surface area (Å²) >= 11 is 0. The van der Waals surface area contributed by atoms with Crippen LogP contribution in [0.4, 0.5) is 0 Å². The van der Waals surface area contributed by atoms with E-state index >= 15 is 0 Å². The van der Waals surface area contributed by atoms with Crippen molar-refractivity contribution in [3.8, 4) is 0 Å². The summed E-state index contributed by atoms with van der Waals surface area (Å²) in [4.78, 5) is 7.05. The van der Waals surface area contributed by atoms with E-state index < -0.39 is 34.7 Å². The van der Waals surface area contributed by atoms with Crippen LogP contribution in [0.2, 0.25) is 58.9 Å². The Morgan fingerprint density at radius 2 is 0.794 bits per heavy atom. The van der Waals surface area contributed by atoms with Crippen LogP contribution in [0.25, 0.3) is 0 Å². The summed E-state index contributed by atoms with van der Waals surface area (Å²) in [6.45, 7) is 25.1. The molecule has 0 saturated heterocycles. The number of rotatable bonds is 8. The van der Waals surface area contributed by atoms with Gasteiger partial charge in [-0.1, -0.05) is 80.8 Å². The average Bonchev–Trinajstić information content (AvgIpc) is 2.46. The maximum absolute atomic E-state index is 3.88. The fraction of sp³-hybridized carbons (Fsp3) is 0.917. The number of nitrogens with two attached hydrogens (primary N) is 5. The molecular formula is C24H92N5Si5+5. The van der Waals surface area contributed by atoms with E-state index in [2.05, 4.69) is 117 Å². The zero-order chi connectivity index (χ0) is 20.0. The molecule has 0 heterocycles. The van der Waals surface area contributed by atoms with Crippen LogP contribution in [0.3, 0.4) is 0 Å². The molecule has 0 saturated carbocycles. The summed E-state index contributed by atoms with van der Waals surface area (Å²) < 4.78 is 5.20. The van der Waals surface area contributed by atoms with E-state index in [0.29, 0.717) is 0 Å². The molecule has 5 nitrogen and oxygen atoms in total. The zero-order valence-corrected chi connectivity index (χ0v) is 24.4. The summed E-state index contributed by atoms with van der Waals surface area (Å²) in [5, 5.41) is 0. The highest BCUT2D eigenvalue weighted by atomic mass is 28.4. The first kappa shape index (κ1) is 83.7. The van der Waals surface area contributed by atoms with Gasteiger partial charge in [0.05, 0.1) is 14.1 Å². The van der Waals surface area contributed by atoms with E-state index in [1.165, 1.54) is 0 Å². The van der Waals surface area contributed by atoms with Crippen molar-refractivity contribution in [1.29, 1.82) is 0 Å². The van der Waals surface area contributed by atoms with Gasteiger partial charge in [-0.25, -0.2) is 0 Å². The van der Waals surface area contributed by atoms with E-state index in [0.717, 1.165) is 0 Å². The standard InChI is InChI=1S/C6H19N2Si2.C5H19N2Si2.C3H11NSi.10CH4/c1-6-10(5,7-2)8-9(3)4;1-6-9(4,5)7-8(2)3;1-4-5(2)3;;;;;;;;;;/h6-7,9H,1,8H2,2-5H3;6,8H,7H2,1-5H3;4-5H,1-3H3;10*1H4/q2*+1;;;;;;;;;;;/p+3. The van der Waals surface area contributed by atoms with Gasteiger partial charge in [0.1, 0.15) is 0 Å². The molecule has 0 aromatic carbocycles. The van der Waals surface area contributed by atoms with Crippen molar-refractivity contribution in [2.24, 2.45) is 0 Å². The van der Waals surface area contributed by atoms with Gasteiger partial charge < -0.3 is 24.2 Å². The maximum Gasteiger partial charge on any atom is 0.521 e. The highest BCUT2D eigenvalue weighted by Gasteiger charge is 2.37. The Morgan fingerprint density at radius 3 is 0.853 bits per heavy atom. The third-order valence-corrected chi connectivity index (χ3v) is 20.5. The lowest BCUT2D eigenvalue weighted by molar-refractivity contribution is -0.595. The minimum absolute atomic E-state index is 0. The van der Waals surface area contributed by atoms with Crippen LogP contribution in [0, 0.1) is 0 Å². The summed E-state index contributed by atoms with van der Waals surface area (Å²) in [5.74, 6) is 0. The summed E-state index contributed by atoms with van der Waals surface area (Å²) in [6.07, 6.45) is 0. The van der Waals surface area contributed by atoms with Crippen LogP contribution in [0.15, 0.2) is 12.3 Å². The van der Waals surface area contributed by atoms with Crippen molar-refractivity contribution in [3.05, 3.63) is 12.3 Å². The van der Waals surface area contributed by atoms with Gasteiger partial charge in [0.25, 0.3) is 8.96 Å². The largest absolute Gasteiger partial charge is 0.521 e. The monoisotopic (exact) mass is 591 g/mol. The Kier molecular flexibility index (Phi) is 115. The quantitative estimate of drug-likeness (QED) is 0.269. The van der Waals surface area contributed by atoms with Crippen molar-refractivity contribution < 1.29 is 24.2 Å². The topological polar surface area (TPSA) is 83.0 Å². The molecule has 34 heavy (non-hydrogen) atoms. The molecule has 1 unspecified atom stereocenters. The second kappa shape index (κ2) is 46.9. The lowest BCUT2D eigenvalue weighted by atomic mass is 11.3. The molecule has 10 N–H and O–H groups in total. The molecule has 10 heteroatoms. The second-order valence-corrected chi connectivity index (χ2v) is 27.1. The second-order valence-electron chi connectivity index (χ2n) is 8.37. The Bertz CT molecular complexity index is 309. The molecule has 0 aliphatic carbocycles. The Hall–Kier alpha value is 0.624. The molecule has 0 amide bonds. The van der Waals surface area contributed by atoms with Crippen LogP contribution < -0.4 is 24.2 Å². The first-order chi connectivity index (χ1) is 10.8. The van der Waals surface area contributed by atoms with Gasteiger partial charge in [-0.05, 0) is 39.3 Å². The molecule has 0 radical (unpaired) electrons. The molecule has 0 aliphatic heterocycles. The molecule has 0 spiro atoms. The fourth-order valence-corrected chi connectivity index (χ4v) is 16.9. The normalized spacial score (nSPS) is 9.74. The predicted octanol–water partition coefficient (Wildman–Crippen LogP) is 2.48. The molecule has 0 aromatic rings. The van der Waals surface area contributed by atoms with Crippen molar-refractivity contribution >= 4 is 43.7 Å². The fourth-order valence-electron chi connectivity index (χ4n) is 1.96. The number of hydrogen-bond donors (Lipinski definition) is 5. The van der Waals surface area contributed by atoms with Crippen LogP contribution in [-0.4, -0.2) is 64.8 Å². The maximum atomic E-state index is 3.88. The van der Waals surface area contributed by atoms with Crippen LogP contribution in [0.5, 0.6) is 0 Å². The van der Waals surface area contributed by atoms with Crippen molar-refractivity contribution in [2.45, 2.75) is 133 Å². The molecule has 0 rings (SSSR count). The molecule has 228 valence electrons. The van der Waals surface area contributed by atoms with Gasteiger partial charge in [0.2, 0.25) is 17.9 Å². The highest BCUT2D eigenvalue weighted by Crippen LogP contribution is 1.76. The molecule has 0 fully saturated rings. The van der Waals surface area contributed by atoms with Gasteiger partial charge in [-0.3, -0.25) is 0 Å². The predicted molar refractivity (Wildman–Crippen MR) is 191 cm³/mol. The Balaban J connectivity index is -0.0000000159. The highest BCUT2D eigenvalue weighted by molar-refractivity contribution is 6.71. The Labute approximate surface area is 234 Å². The summed E-state index contributed by atoms with van der Waals surface area (Å²) in [6, 6.07) is 0. The number of hydrogen-bond acceptors (Lipinski definition) is 0. The van der Waals surface area contributed by atoms with Crippen LogP contribution in [-0.2, 0) is 0 Å².